The molecule has 0 heterocycles. The largest absolute Gasteiger partial charge is 0.497 e. The second-order valence-electron chi connectivity index (χ2n) is 7.38. The number of amides is 1. The highest BCUT2D eigenvalue weighted by Gasteiger charge is 2.23. The summed E-state index contributed by atoms with van der Waals surface area (Å²) in [5.41, 5.74) is 0.912. The summed E-state index contributed by atoms with van der Waals surface area (Å²) in [6, 6.07) is 16.7. The maximum Gasteiger partial charge on any atom is 0.243 e. The number of hydrogen-bond acceptors (Lipinski definition) is 5. The van der Waals surface area contributed by atoms with Gasteiger partial charge in [0.05, 0.1) is 24.1 Å². The van der Waals surface area contributed by atoms with E-state index in [9.17, 15) is 17.6 Å². The number of rotatable bonds is 10. The maximum absolute atomic E-state index is 13.3. The van der Waals surface area contributed by atoms with E-state index in [1.807, 2.05) is 0 Å². The van der Waals surface area contributed by atoms with Gasteiger partial charge in [0.15, 0.2) is 5.75 Å². The van der Waals surface area contributed by atoms with Crippen LogP contribution < -0.4 is 14.8 Å². The minimum Gasteiger partial charge on any atom is -0.497 e. The zero-order valence-corrected chi connectivity index (χ0v) is 20.1. The van der Waals surface area contributed by atoms with Gasteiger partial charge in [0.1, 0.15) is 17.3 Å². The Morgan fingerprint density at radius 3 is 2.32 bits per heavy atom. The van der Waals surface area contributed by atoms with Crippen molar-refractivity contribution in [2.75, 3.05) is 25.5 Å². The van der Waals surface area contributed by atoms with E-state index in [-0.39, 0.29) is 28.7 Å². The van der Waals surface area contributed by atoms with Crippen molar-refractivity contribution in [2.45, 2.75) is 25.2 Å². The Labute approximate surface area is 199 Å². The minimum absolute atomic E-state index is 0.0272. The monoisotopic (exact) mass is 486 g/mol. The van der Waals surface area contributed by atoms with Crippen molar-refractivity contribution in [3.8, 4) is 17.2 Å². The molecule has 3 rings (SSSR count). The summed E-state index contributed by atoms with van der Waals surface area (Å²) in [6.45, 7) is 4.13. The number of hydrogen-bond donors (Lipinski definition) is 1. The Kier molecular flexibility index (Phi) is 8.25. The summed E-state index contributed by atoms with van der Waals surface area (Å²) in [4.78, 5) is 12.8. The van der Waals surface area contributed by atoms with Crippen molar-refractivity contribution < 1.29 is 27.1 Å². The van der Waals surface area contributed by atoms with Crippen molar-refractivity contribution in [1.82, 2.24) is 4.31 Å². The Bertz CT molecular complexity index is 1240. The van der Waals surface area contributed by atoms with Crippen LogP contribution in [0, 0.1) is 5.82 Å². The Morgan fingerprint density at radius 2 is 1.68 bits per heavy atom. The first kappa shape index (κ1) is 25.2. The van der Waals surface area contributed by atoms with E-state index in [0.29, 0.717) is 24.6 Å². The number of carbonyl (C=O) groups is 1. The molecule has 9 heteroatoms. The molecule has 7 nitrogen and oxygen atoms in total. The smallest absolute Gasteiger partial charge is 0.243 e. The van der Waals surface area contributed by atoms with Crippen molar-refractivity contribution in [2.24, 2.45) is 0 Å². The third-order valence-electron chi connectivity index (χ3n) is 5.11. The summed E-state index contributed by atoms with van der Waals surface area (Å²) in [6.07, 6.45) is 0.0419. The zero-order chi connectivity index (χ0) is 24.7. The van der Waals surface area contributed by atoms with Gasteiger partial charge >= 0.3 is 0 Å². The second kappa shape index (κ2) is 11.1. The molecule has 0 saturated heterocycles. The minimum atomic E-state index is -3.76. The molecule has 0 aliphatic rings. The fraction of sp³-hybridized carbons (Fsp3) is 0.240. The Balaban J connectivity index is 1.94. The van der Waals surface area contributed by atoms with E-state index in [0.717, 1.165) is 5.56 Å². The lowest BCUT2D eigenvalue weighted by atomic mass is 10.1. The summed E-state index contributed by atoms with van der Waals surface area (Å²) < 4.78 is 51.7. The van der Waals surface area contributed by atoms with E-state index in [1.165, 1.54) is 46.8 Å². The van der Waals surface area contributed by atoms with Crippen LogP contribution in [0.4, 0.5) is 10.1 Å². The molecule has 34 heavy (non-hydrogen) atoms. The number of anilines is 1. The Morgan fingerprint density at radius 1 is 0.971 bits per heavy atom. The molecule has 3 aromatic carbocycles. The third kappa shape index (κ3) is 6.12. The highest BCUT2D eigenvalue weighted by molar-refractivity contribution is 7.89. The number of carbonyl (C=O) groups excluding carboxylic acids is 1. The molecule has 0 spiro atoms. The van der Waals surface area contributed by atoms with Crippen LogP contribution in [-0.2, 0) is 21.2 Å². The van der Waals surface area contributed by atoms with Crippen LogP contribution in [0.2, 0.25) is 0 Å². The molecular weight excluding hydrogens is 459 g/mol. The SMILES string of the molecule is CCN(CC)S(=O)(=O)c1ccc(Oc2ccc(F)cc2)c(NC(=O)Cc2cccc(OC)c2)c1. The summed E-state index contributed by atoms with van der Waals surface area (Å²) in [5.74, 6) is 0.403. The standard InChI is InChI=1S/C25H27FN2O5S/c1-4-28(5-2)34(30,31)22-13-14-24(33-20-11-9-19(26)10-12-20)23(17-22)27-25(29)16-18-7-6-8-21(15-18)32-3/h6-15,17H,4-5,16H2,1-3H3,(H,27,29). The molecule has 0 fully saturated rings. The third-order valence-corrected chi connectivity index (χ3v) is 7.15. The summed E-state index contributed by atoms with van der Waals surface area (Å²) in [5, 5.41) is 2.75. The van der Waals surface area contributed by atoms with Gasteiger partial charge < -0.3 is 14.8 Å². The number of methoxy groups -OCH3 is 1. The first-order chi connectivity index (χ1) is 16.3. The molecule has 1 N–H and O–H groups in total. The van der Waals surface area contributed by atoms with Gasteiger partial charge in [-0.2, -0.15) is 4.31 Å². The summed E-state index contributed by atoms with van der Waals surface area (Å²) >= 11 is 0. The van der Waals surface area contributed by atoms with Crippen molar-refractivity contribution >= 4 is 21.6 Å². The number of benzene rings is 3. The first-order valence-electron chi connectivity index (χ1n) is 10.8. The molecule has 0 bridgehead atoms. The van der Waals surface area contributed by atoms with Gasteiger partial charge in [0.25, 0.3) is 0 Å². The molecule has 3 aromatic rings. The zero-order valence-electron chi connectivity index (χ0n) is 19.2. The van der Waals surface area contributed by atoms with E-state index < -0.39 is 15.8 Å². The predicted molar refractivity (Wildman–Crippen MR) is 128 cm³/mol. The first-order valence-corrected chi connectivity index (χ1v) is 12.2. The van der Waals surface area contributed by atoms with Crippen LogP contribution >= 0.6 is 0 Å². The van der Waals surface area contributed by atoms with Gasteiger partial charge in [0, 0.05) is 13.1 Å². The van der Waals surface area contributed by atoms with Gasteiger partial charge in [-0.15, -0.1) is 0 Å². The van der Waals surface area contributed by atoms with Gasteiger partial charge in [-0.3, -0.25) is 4.79 Å². The van der Waals surface area contributed by atoms with E-state index in [1.54, 1.807) is 45.2 Å². The van der Waals surface area contributed by atoms with Crippen LogP contribution in [0.15, 0.2) is 71.6 Å². The maximum atomic E-state index is 13.3. The number of ether oxygens (including phenoxy) is 2. The lowest BCUT2D eigenvalue weighted by Crippen LogP contribution is -2.30. The average Bonchev–Trinajstić information content (AvgIpc) is 2.82. The van der Waals surface area contributed by atoms with Crippen LogP contribution in [0.1, 0.15) is 19.4 Å². The molecule has 0 radical (unpaired) electrons. The number of halogens is 1. The van der Waals surface area contributed by atoms with Gasteiger partial charge in [-0.1, -0.05) is 26.0 Å². The molecule has 180 valence electrons. The molecular formula is C25H27FN2O5S. The fourth-order valence-electron chi connectivity index (χ4n) is 3.36. The molecule has 0 saturated carbocycles. The Hall–Kier alpha value is -3.43. The topological polar surface area (TPSA) is 84.9 Å². The number of sulfonamides is 1. The van der Waals surface area contributed by atoms with Crippen LogP contribution in [0.3, 0.4) is 0 Å². The van der Waals surface area contributed by atoms with Crippen molar-refractivity contribution in [3.63, 3.8) is 0 Å². The van der Waals surface area contributed by atoms with Gasteiger partial charge in [-0.25, -0.2) is 12.8 Å². The molecule has 0 atom stereocenters. The van der Waals surface area contributed by atoms with Crippen molar-refractivity contribution in [3.05, 3.63) is 78.1 Å². The normalized spacial score (nSPS) is 11.3. The van der Waals surface area contributed by atoms with E-state index >= 15 is 0 Å². The molecule has 0 aromatic heterocycles. The quantitative estimate of drug-likeness (QED) is 0.443. The van der Waals surface area contributed by atoms with Crippen molar-refractivity contribution in [1.29, 1.82) is 0 Å². The molecule has 0 unspecified atom stereocenters. The van der Waals surface area contributed by atoms with E-state index in [2.05, 4.69) is 5.32 Å². The fourth-order valence-corrected chi connectivity index (χ4v) is 4.85. The van der Waals surface area contributed by atoms with Gasteiger partial charge in [-0.05, 0) is 60.2 Å². The molecule has 0 aliphatic carbocycles. The number of nitrogens with one attached hydrogen (secondary N) is 1. The van der Waals surface area contributed by atoms with E-state index in [4.69, 9.17) is 9.47 Å². The predicted octanol–water partition coefficient (Wildman–Crippen LogP) is 4.84. The lowest BCUT2D eigenvalue weighted by Gasteiger charge is -2.20. The highest BCUT2D eigenvalue weighted by Crippen LogP contribution is 2.33. The van der Waals surface area contributed by atoms with Crippen LogP contribution in [-0.4, -0.2) is 38.8 Å². The lowest BCUT2D eigenvalue weighted by molar-refractivity contribution is -0.115. The second-order valence-corrected chi connectivity index (χ2v) is 9.32. The van der Waals surface area contributed by atoms with Gasteiger partial charge in [0.2, 0.25) is 15.9 Å². The molecule has 0 aliphatic heterocycles. The average molecular weight is 487 g/mol. The number of nitrogens with zero attached hydrogens (tertiary/aromatic N) is 1. The summed E-state index contributed by atoms with van der Waals surface area (Å²) in [7, 11) is -2.22. The highest BCUT2D eigenvalue weighted by atomic mass is 32.2. The van der Waals surface area contributed by atoms with Crippen LogP contribution in [0.5, 0.6) is 17.2 Å². The van der Waals surface area contributed by atoms with Crippen LogP contribution in [0.25, 0.3) is 0 Å². The molecule has 1 amide bonds.